The standard InChI is InChI=1S/C10H12ClN5/c1-5-4-6(12-2)14-9-7(5)8(13-3)15-10(11)16-9/h4H,1-3H3,(H2,12,13,14,15,16). The fourth-order valence-electron chi connectivity index (χ4n) is 1.60. The third-order valence-electron chi connectivity index (χ3n) is 2.33. The number of fused-ring (bicyclic) bond motifs is 1. The van der Waals surface area contributed by atoms with Crippen molar-refractivity contribution in [3.8, 4) is 0 Å². The molecule has 2 N–H and O–H groups in total. The zero-order chi connectivity index (χ0) is 11.7. The first-order valence-corrected chi connectivity index (χ1v) is 5.24. The molecule has 0 unspecified atom stereocenters. The molecule has 0 spiro atoms. The van der Waals surface area contributed by atoms with E-state index in [0.29, 0.717) is 11.5 Å². The first-order valence-electron chi connectivity index (χ1n) is 4.86. The molecular formula is C10H12ClN5. The predicted octanol–water partition coefficient (Wildman–Crippen LogP) is 2.07. The SMILES string of the molecule is CNc1cc(C)c2c(NC)nc(Cl)nc2n1. The molecule has 2 aromatic rings. The molecule has 0 atom stereocenters. The van der Waals surface area contributed by atoms with Crippen molar-refractivity contribution < 1.29 is 0 Å². The van der Waals surface area contributed by atoms with E-state index < -0.39 is 0 Å². The van der Waals surface area contributed by atoms with Crippen molar-refractivity contribution >= 4 is 34.3 Å². The van der Waals surface area contributed by atoms with Gasteiger partial charge in [0.25, 0.3) is 0 Å². The molecule has 0 aliphatic rings. The van der Waals surface area contributed by atoms with Gasteiger partial charge in [-0.05, 0) is 30.2 Å². The third-order valence-corrected chi connectivity index (χ3v) is 2.50. The van der Waals surface area contributed by atoms with Crippen LogP contribution in [0.2, 0.25) is 5.28 Å². The summed E-state index contributed by atoms with van der Waals surface area (Å²) in [4.78, 5) is 12.6. The van der Waals surface area contributed by atoms with E-state index in [0.717, 1.165) is 16.8 Å². The van der Waals surface area contributed by atoms with Crippen LogP contribution >= 0.6 is 11.6 Å². The van der Waals surface area contributed by atoms with Crippen LogP contribution < -0.4 is 10.6 Å². The van der Waals surface area contributed by atoms with Gasteiger partial charge in [-0.1, -0.05) is 0 Å². The minimum absolute atomic E-state index is 0.192. The van der Waals surface area contributed by atoms with Crippen molar-refractivity contribution in [1.29, 1.82) is 0 Å². The normalized spacial score (nSPS) is 10.5. The van der Waals surface area contributed by atoms with Crippen LogP contribution in [-0.4, -0.2) is 29.0 Å². The van der Waals surface area contributed by atoms with E-state index in [4.69, 9.17) is 11.6 Å². The van der Waals surface area contributed by atoms with Crippen LogP contribution in [0.3, 0.4) is 0 Å². The highest BCUT2D eigenvalue weighted by Gasteiger charge is 2.10. The molecule has 0 aliphatic heterocycles. The summed E-state index contributed by atoms with van der Waals surface area (Å²) in [6, 6.07) is 1.94. The Balaban J connectivity index is 2.82. The molecule has 0 radical (unpaired) electrons. The molecule has 0 amide bonds. The molecular weight excluding hydrogens is 226 g/mol. The lowest BCUT2D eigenvalue weighted by Crippen LogP contribution is -2.01. The van der Waals surface area contributed by atoms with E-state index in [1.54, 1.807) is 7.05 Å². The average molecular weight is 238 g/mol. The number of hydrogen-bond donors (Lipinski definition) is 2. The lowest BCUT2D eigenvalue weighted by atomic mass is 10.2. The fourth-order valence-corrected chi connectivity index (χ4v) is 1.76. The van der Waals surface area contributed by atoms with Crippen LogP contribution in [0.25, 0.3) is 11.0 Å². The number of pyridine rings is 1. The summed E-state index contributed by atoms with van der Waals surface area (Å²) < 4.78 is 0. The summed E-state index contributed by atoms with van der Waals surface area (Å²) in [5.74, 6) is 1.46. The number of aromatic nitrogens is 3. The summed E-state index contributed by atoms with van der Waals surface area (Å²) in [5, 5.41) is 7.06. The van der Waals surface area contributed by atoms with Gasteiger partial charge in [0, 0.05) is 14.1 Å². The second-order valence-corrected chi connectivity index (χ2v) is 3.70. The van der Waals surface area contributed by atoms with Crippen molar-refractivity contribution in [2.24, 2.45) is 0 Å². The van der Waals surface area contributed by atoms with Gasteiger partial charge in [0.2, 0.25) is 5.28 Å². The van der Waals surface area contributed by atoms with Crippen LogP contribution in [0, 0.1) is 6.92 Å². The highest BCUT2D eigenvalue weighted by Crippen LogP contribution is 2.25. The van der Waals surface area contributed by atoms with Crippen molar-refractivity contribution in [1.82, 2.24) is 15.0 Å². The second-order valence-electron chi connectivity index (χ2n) is 3.36. The van der Waals surface area contributed by atoms with Gasteiger partial charge in [0.1, 0.15) is 11.6 Å². The first kappa shape index (κ1) is 10.9. The zero-order valence-electron chi connectivity index (χ0n) is 9.30. The van der Waals surface area contributed by atoms with Crippen LogP contribution in [0.1, 0.15) is 5.56 Å². The monoisotopic (exact) mass is 237 g/mol. The highest BCUT2D eigenvalue weighted by molar-refractivity contribution is 6.28. The molecule has 0 fully saturated rings. The quantitative estimate of drug-likeness (QED) is 0.783. The Morgan fingerprint density at radius 2 is 1.88 bits per heavy atom. The average Bonchev–Trinajstić information content (AvgIpc) is 2.26. The van der Waals surface area contributed by atoms with Gasteiger partial charge in [-0.2, -0.15) is 4.98 Å². The molecule has 0 bridgehead atoms. The number of hydrogen-bond acceptors (Lipinski definition) is 5. The molecule has 0 aliphatic carbocycles. The zero-order valence-corrected chi connectivity index (χ0v) is 10.1. The molecule has 6 heteroatoms. The number of rotatable bonds is 2. The number of halogens is 1. The Bertz CT molecular complexity index is 540. The summed E-state index contributed by atoms with van der Waals surface area (Å²) in [6.07, 6.45) is 0. The lowest BCUT2D eigenvalue weighted by Gasteiger charge is -2.09. The predicted molar refractivity (Wildman–Crippen MR) is 66.2 cm³/mol. The van der Waals surface area contributed by atoms with E-state index in [1.165, 1.54) is 0 Å². The Morgan fingerprint density at radius 1 is 1.12 bits per heavy atom. The third kappa shape index (κ3) is 1.74. The molecule has 16 heavy (non-hydrogen) atoms. The van der Waals surface area contributed by atoms with Gasteiger partial charge in [-0.3, -0.25) is 0 Å². The maximum atomic E-state index is 5.83. The summed E-state index contributed by atoms with van der Waals surface area (Å²) in [5.41, 5.74) is 1.64. The van der Waals surface area contributed by atoms with Gasteiger partial charge in [-0.15, -0.1) is 0 Å². The summed E-state index contributed by atoms with van der Waals surface area (Å²) >= 11 is 5.83. The lowest BCUT2D eigenvalue weighted by molar-refractivity contribution is 1.16. The highest BCUT2D eigenvalue weighted by atomic mass is 35.5. The van der Waals surface area contributed by atoms with E-state index in [1.807, 2.05) is 20.0 Å². The summed E-state index contributed by atoms with van der Waals surface area (Å²) in [7, 11) is 3.61. The number of nitrogens with zero attached hydrogens (tertiary/aromatic N) is 3. The van der Waals surface area contributed by atoms with Crippen LogP contribution in [-0.2, 0) is 0 Å². The van der Waals surface area contributed by atoms with Crippen molar-refractivity contribution in [3.63, 3.8) is 0 Å². The van der Waals surface area contributed by atoms with Gasteiger partial charge in [0.05, 0.1) is 5.39 Å². The molecule has 2 heterocycles. The molecule has 84 valence electrons. The van der Waals surface area contributed by atoms with E-state index >= 15 is 0 Å². The smallest absolute Gasteiger partial charge is 0.226 e. The van der Waals surface area contributed by atoms with Crippen LogP contribution in [0.5, 0.6) is 0 Å². The van der Waals surface area contributed by atoms with Gasteiger partial charge >= 0.3 is 0 Å². The van der Waals surface area contributed by atoms with E-state index in [2.05, 4.69) is 25.6 Å². The first-order chi connectivity index (χ1) is 7.65. The van der Waals surface area contributed by atoms with E-state index in [-0.39, 0.29) is 5.28 Å². The minimum atomic E-state index is 0.192. The molecule has 0 saturated heterocycles. The van der Waals surface area contributed by atoms with Crippen molar-refractivity contribution in [2.45, 2.75) is 6.92 Å². The van der Waals surface area contributed by atoms with Crippen molar-refractivity contribution in [3.05, 3.63) is 16.9 Å². The van der Waals surface area contributed by atoms with Gasteiger partial charge in [0.15, 0.2) is 5.65 Å². The maximum absolute atomic E-state index is 5.83. The molecule has 2 aromatic heterocycles. The molecule has 5 nitrogen and oxygen atoms in total. The van der Waals surface area contributed by atoms with Crippen LogP contribution in [0.4, 0.5) is 11.6 Å². The largest absolute Gasteiger partial charge is 0.373 e. The fraction of sp³-hybridized carbons (Fsp3) is 0.300. The number of nitrogens with one attached hydrogen (secondary N) is 2. The molecule has 2 rings (SSSR count). The Labute approximate surface area is 98.3 Å². The Morgan fingerprint density at radius 3 is 2.50 bits per heavy atom. The van der Waals surface area contributed by atoms with Gasteiger partial charge < -0.3 is 10.6 Å². The number of aryl methyl sites for hydroxylation is 1. The van der Waals surface area contributed by atoms with Gasteiger partial charge in [-0.25, -0.2) is 9.97 Å². The number of anilines is 2. The minimum Gasteiger partial charge on any atom is -0.373 e. The van der Waals surface area contributed by atoms with Crippen molar-refractivity contribution in [2.75, 3.05) is 24.7 Å². The summed E-state index contributed by atoms with van der Waals surface area (Å²) in [6.45, 7) is 1.99. The molecule has 0 aromatic carbocycles. The Kier molecular flexibility index (Phi) is 2.78. The topological polar surface area (TPSA) is 62.7 Å². The maximum Gasteiger partial charge on any atom is 0.226 e. The second kappa shape index (κ2) is 4.09. The van der Waals surface area contributed by atoms with Crippen LogP contribution in [0.15, 0.2) is 6.07 Å². The van der Waals surface area contributed by atoms with E-state index in [9.17, 15) is 0 Å². The molecule has 0 saturated carbocycles. The Hall–Kier alpha value is -1.62.